The minimum Gasteiger partial charge on any atom is -0.453 e. The lowest BCUT2D eigenvalue weighted by atomic mass is 10.0. The Labute approximate surface area is 105 Å². The second-order valence-electron chi connectivity index (χ2n) is 3.75. The smallest absolute Gasteiger partial charge is 0.411 e. The molecule has 92 valence electrons. The van der Waals surface area contributed by atoms with Gasteiger partial charge in [0, 0.05) is 16.8 Å². The van der Waals surface area contributed by atoms with Crippen LogP contribution in [0.4, 0.5) is 16.2 Å². The van der Waals surface area contributed by atoms with Crippen LogP contribution in [0.15, 0.2) is 48.5 Å². The molecule has 0 spiro atoms. The molecule has 18 heavy (non-hydrogen) atoms. The normalized spacial score (nSPS) is 9.83. The van der Waals surface area contributed by atoms with Crippen molar-refractivity contribution in [3.63, 3.8) is 0 Å². The van der Waals surface area contributed by atoms with Crippen molar-refractivity contribution >= 4 is 17.5 Å². The SMILES string of the molecule is COC(=O)Nc1ccccc1-c1ccccc1N. The van der Waals surface area contributed by atoms with E-state index < -0.39 is 6.09 Å². The summed E-state index contributed by atoms with van der Waals surface area (Å²) >= 11 is 0. The monoisotopic (exact) mass is 242 g/mol. The molecule has 0 saturated carbocycles. The number of para-hydroxylation sites is 2. The molecule has 0 aromatic heterocycles. The number of ether oxygens (including phenoxy) is 1. The molecule has 0 aliphatic carbocycles. The predicted molar refractivity (Wildman–Crippen MR) is 72.3 cm³/mol. The highest BCUT2D eigenvalue weighted by molar-refractivity contribution is 5.93. The summed E-state index contributed by atoms with van der Waals surface area (Å²) in [6.07, 6.45) is -0.503. The van der Waals surface area contributed by atoms with Gasteiger partial charge in [0.1, 0.15) is 0 Å². The Morgan fingerprint density at radius 1 is 1.06 bits per heavy atom. The minimum atomic E-state index is -0.503. The number of amides is 1. The van der Waals surface area contributed by atoms with Gasteiger partial charge in [0.25, 0.3) is 0 Å². The van der Waals surface area contributed by atoms with E-state index >= 15 is 0 Å². The van der Waals surface area contributed by atoms with Crippen LogP contribution in [0.2, 0.25) is 0 Å². The van der Waals surface area contributed by atoms with Crippen molar-refractivity contribution in [2.24, 2.45) is 0 Å². The standard InChI is InChI=1S/C14H14N2O2/c1-18-14(17)16-13-9-5-3-7-11(13)10-6-2-4-8-12(10)15/h2-9H,15H2,1H3,(H,16,17). The molecule has 2 aromatic rings. The summed E-state index contributed by atoms with van der Waals surface area (Å²) in [4.78, 5) is 11.3. The molecule has 0 saturated heterocycles. The van der Waals surface area contributed by atoms with Crippen LogP contribution < -0.4 is 11.1 Å². The van der Waals surface area contributed by atoms with E-state index in [1.807, 2.05) is 42.5 Å². The van der Waals surface area contributed by atoms with Gasteiger partial charge in [0.15, 0.2) is 0 Å². The number of carbonyl (C=O) groups is 1. The topological polar surface area (TPSA) is 64.3 Å². The van der Waals surface area contributed by atoms with E-state index in [1.165, 1.54) is 7.11 Å². The molecule has 3 N–H and O–H groups in total. The maximum absolute atomic E-state index is 11.3. The Bertz CT molecular complexity index is 567. The molecule has 0 unspecified atom stereocenters. The van der Waals surface area contributed by atoms with E-state index in [1.54, 1.807) is 6.07 Å². The Kier molecular flexibility index (Phi) is 3.48. The number of anilines is 2. The third kappa shape index (κ3) is 2.43. The van der Waals surface area contributed by atoms with Crippen molar-refractivity contribution in [2.45, 2.75) is 0 Å². The zero-order valence-corrected chi connectivity index (χ0v) is 10.0. The summed E-state index contributed by atoms with van der Waals surface area (Å²) in [5.41, 5.74) is 9.01. The van der Waals surface area contributed by atoms with E-state index in [0.29, 0.717) is 11.4 Å². The van der Waals surface area contributed by atoms with E-state index in [0.717, 1.165) is 11.1 Å². The summed E-state index contributed by atoms with van der Waals surface area (Å²) in [6.45, 7) is 0. The maximum atomic E-state index is 11.3. The van der Waals surface area contributed by atoms with E-state index in [9.17, 15) is 4.79 Å². The molecule has 0 heterocycles. The fourth-order valence-corrected chi connectivity index (χ4v) is 1.73. The number of nitrogen functional groups attached to an aromatic ring is 1. The van der Waals surface area contributed by atoms with Gasteiger partial charge >= 0.3 is 6.09 Å². The molecule has 0 atom stereocenters. The van der Waals surface area contributed by atoms with Gasteiger partial charge < -0.3 is 10.5 Å². The first kappa shape index (κ1) is 12.0. The van der Waals surface area contributed by atoms with Gasteiger partial charge in [-0.2, -0.15) is 0 Å². The Hall–Kier alpha value is -2.49. The van der Waals surface area contributed by atoms with Gasteiger partial charge in [0.05, 0.1) is 12.8 Å². The number of nitrogens with one attached hydrogen (secondary N) is 1. The van der Waals surface area contributed by atoms with E-state index in [4.69, 9.17) is 5.73 Å². The third-order valence-corrected chi connectivity index (χ3v) is 2.60. The lowest BCUT2D eigenvalue weighted by molar-refractivity contribution is 0.187. The van der Waals surface area contributed by atoms with Crippen molar-refractivity contribution in [3.8, 4) is 11.1 Å². The summed E-state index contributed by atoms with van der Waals surface area (Å²) < 4.78 is 4.59. The molecule has 4 heteroatoms. The van der Waals surface area contributed by atoms with Crippen LogP contribution in [0.3, 0.4) is 0 Å². The quantitative estimate of drug-likeness (QED) is 0.795. The molecule has 1 amide bonds. The Morgan fingerprint density at radius 3 is 2.33 bits per heavy atom. The molecule has 0 aliphatic rings. The summed E-state index contributed by atoms with van der Waals surface area (Å²) in [7, 11) is 1.33. The lowest BCUT2D eigenvalue weighted by Gasteiger charge is -2.12. The zero-order chi connectivity index (χ0) is 13.0. The van der Waals surface area contributed by atoms with Crippen LogP contribution in [-0.2, 0) is 4.74 Å². The summed E-state index contributed by atoms with van der Waals surface area (Å²) in [6, 6.07) is 14.9. The van der Waals surface area contributed by atoms with Gasteiger partial charge in [-0.05, 0) is 12.1 Å². The molecular formula is C14H14N2O2. The van der Waals surface area contributed by atoms with Crippen molar-refractivity contribution in [3.05, 3.63) is 48.5 Å². The largest absolute Gasteiger partial charge is 0.453 e. The van der Waals surface area contributed by atoms with Crippen LogP contribution >= 0.6 is 0 Å². The number of rotatable bonds is 2. The highest BCUT2D eigenvalue weighted by Crippen LogP contribution is 2.31. The number of carbonyl (C=O) groups excluding carboxylic acids is 1. The van der Waals surface area contributed by atoms with Crippen LogP contribution in [0.5, 0.6) is 0 Å². The second kappa shape index (κ2) is 5.23. The fourth-order valence-electron chi connectivity index (χ4n) is 1.73. The summed E-state index contributed by atoms with van der Waals surface area (Å²) in [5.74, 6) is 0. The Balaban J connectivity index is 2.45. The van der Waals surface area contributed by atoms with Crippen LogP contribution in [-0.4, -0.2) is 13.2 Å². The molecule has 2 rings (SSSR count). The average Bonchev–Trinajstić information content (AvgIpc) is 2.40. The fraction of sp³-hybridized carbons (Fsp3) is 0.0714. The van der Waals surface area contributed by atoms with Crippen LogP contribution in [0.25, 0.3) is 11.1 Å². The zero-order valence-electron chi connectivity index (χ0n) is 10.0. The highest BCUT2D eigenvalue weighted by atomic mass is 16.5. The van der Waals surface area contributed by atoms with Crippen molar-refractivity contribution in [1.29, 1.82) is 0 Å². The molecule has 0 aliphatic heterocycles. The highest BCUT2D eigenvalue weighted by Gasteiger charge is 2.09. The molecule has 0 radical (unpaired) electrons. The first-order valence-corrected chi connectivity index (χ1v) is 5.51. The minimum absolute atomic E-state index is 0.503. The Morgan fingerprint density at radius 2 is 1.67 bits per heavy atom. The van der Waals surface area contributed by atoms with Crippen LogP contribution in [0, 0.1) is 0 Å². The summed E-state index contributed by atoms with van der Waals surface area (Å²) in [5, 5.41) is 2.67. The van der Waals surface area contributed by atoms with E-state index in [2.05, 4.69) is 10.1 Å². The second-order valence-corrected chi connectivity index (χ2v) is 3.75. The maximum Gasteiger partial charge on any atom is 0.411 e. The number of hydrogen-bond donors (Lipinski definition) is 2. The number of benzene rings is 2. The van der Waals surface area contributed by atoms with Crippen molar-refractivity contribution < 1.29 is 9.53 Å². The van der Waals surface area contributed by atoms with Crippen molar-refractivity contribution in [2.75, 3.05) is 18.2 Å². The number of nitrogens with two attached hydrogens (primary N) is 1. The van der Waals surface area contributed by atoms with Gasteiger partial charge in [-0.1, -0.05) is 36.4 Å². The van der Waals surface area contributed by atoms with Gasteiger partial charge in [-0.15, -0.1) is 0 Å². The van der Waals surface area contributed by atoms with Gasteiger partial charge in [-0.25, -0.2) is 4.79 Å². The third-order valence-electron chi connectivity index (χ3n) is 2.60. The lowest BCUT2D eigenvalue weighted by Crippen LogP contribution is -2.11. The number of hydrogen-bond acceptors (Lipinski definition) is 3. The molecule has 0 fully saturated rings. The molecular weight excluding hydrogens is 228 g/mol. The van der Waals surface area contributed by atoms with Crippen molar-refractivity contribution in [1.82, 2.24) is 0 Å². The molecule has 0 bridgehead atoms. The first-order valence-electron chi connectivity index (χ1n) is 5.51. The number of methoxy groups -OCH3 is 1. The van der Waals surface area contributed by atoms with E-state index in [-0.39, 0.29) is 0 Å². The first-order chi connectivity index (χ1) is 8.72. The van der Waals surface area contributed by atoms with Crippen LogP contribution in [0.1, 0.15) is 0 Å². The van der Waals surface area contributed by atoms with Gasteiger partial charge in [-0.3, -0.25) is 5.32 Å². The molecule has 2 aromatic carbocycles. The predicted octanol–water partition coefficient (Wildman–Crippen LogP) is 3.11. The average molecular weight is 242 g/mol. The van der Waals surface area contributed by atoms with Gasteiger partial charge in [0.2, 0.25) is 0 Å². The molecule has 4 nitrogen and oxygen atoms in total.